The highest BCUT2D eigenvalue weighted by molar-refractivity contribution is 6.74. The summed E-state index contributed by atoms with van der Waals surface area (Å²) in [4.78, 5) is 0. The molecule has 0 amide bonds. The molecule has 1 spiro atoms. The number of aliphatic hydroxyl groups is 1. The predicted molar refractivity (Wildman–Crippen MR) is 154 cm³/mol. The Morgan fingerprint density at radius 2 is 1.70 bits per heavy atom. The molecule has 1 aliphatic heterocycles. The average Bonchev–Trinajstić information content (AvgIpc) is 3.37. The van der Waals surface area contributed by atoms with E-state index in [4.69, 9.17) is 13.9 Å². The molecule has 4 nitrogen and oxygen atoms in total. The normalized spacial score (nSPS) is 34.9. The molecule has 5 heteroatoms. The Bertz CT molecular complexity index is 811. The molecule has 37 heavy (non-hydrogen) atoms. The number of hydrogen-bond donors (Lipinski definition) is 1. The Morgan fingerprint density at radius 3 is 2.32 bits per heavy atom. The fourth-order valence-corrected chi connectivity index (χ4v) is 9.01. The molecule has 3 saturated carbocycles. The highest BCUT2D eigenvalue weighted by Crippen LogP contribution is 2.70. The van der Waals surface area contributed by atoms with Gasteiger partial charge in [0.05, 0.1) is 25.2 Å². The Morgan fingerprint density at radius 1 is 1.03 bits per heavy atom. The first-order valence-corrected chi connectivity index (χ1v) is 18.5. The summed E-state index contributed by atoms with van der Waals surface area (Å²) in [5, 5.41) is 11.5. The van der Waals surface area contributed by atoms with Gasteiger partial charge in [0.25, 0.3) is 0 Å². The van der Waals surface area contributed by atoms with E-state index < -0.39 is 14.1 Å². The zero-order chi connectivity index (χ0) is 26.9. The summed E-state index contributed by atoms with van der Waals surface area (Å²) in [6.45, 7) is 17.7. The molecule has 3 aliphatic carbocycles. The van der Waals surface area contributed by atoms with Gasteiger partial charge in [0.1, 0.15) is 6.10 Å². The second kappa shape index (κ2) is 11.6. The van der Waals surface area contributed by atoms with Gasteiger partial charge in [-0.15, -0.1) is 0 Å². The van der Waals surface area contributed by atoms with Gasteiger partial charge in [-0.25, -0.2) is 0 Å². The third kappa shape index (κ3) is 5.62. The van der Waals surface area contributed by atoms with E-state index in [0.29, 0.717) is 31.0 Å². The number of unbranched alkanes of at least 4 members (excludes halogenated alkanes) is 3. The van der Waals surface area contributed by atoms with E-state index in [2.05, 4.69) is 59.6 Å². The summed E-state index contributed by atoms with van der Waals surface area (Å²) in [6.07, 6.45) is 13.8. The van der Waals surface area contributed by atoms with Gasteiger partial charge in [-0.1, -0.05) is 91.4 Å². The van der Waals surface area contributed by atoms with Crippen LogP contribution in [0.2, 0.25) is 18.1 Å². The Kier molecular flexibility index (Phi) is 9.29. The van der Waals surface area contributed by atoms with Crippen LogP contribution in [0.5, 0.6) is 0 Å². The first kappa shape index (κ1) is 29.6. The van der Waals surface area contributed by atoms with Crippen molar-refractivity contribution >= 4 is 8.32 Å². The molecule has 0 aromatic rings. The fourth-order valence-electron chi connectivity index (χ4n) is 7.77. The van der Waals surface area contributed by atoms with Crippen molar-refractivity contribution in [2.24, 2.45) is 29.1 Å². The molecule has 4 rings (SSSR count). The SMILES string of the molecule is CCCCCCC1[C@@H]2[C@@H](C#C[C@@H](O[Si](C)(C)C(C)(C)C)C3CCCCC3)[C@H](O)CC[C@]2(C)C12OCCO2. The molecular weight excluding hydrogens is 476 g/mol. The number of ether oxygens (including phenoxy) is 2. The lowest BCUT2D eigenvalue weighted by Gasteiger charge is -2.69. The molecule has 1 unspecified atom stereocenters. The molecule has 212 valence electrons. The fraction of sp³-hybridized carbons (Fsp3) is 0.938. The van der Waals surface area contributed by atoms with E-state index in [1.54, 1.807) is 0 Å². The molecule has 4 aliphatic rings. The minimum absolute atomic E-state index is 0.0161. The molecule has 4 fully saturated rings. The highest BCUT2D eigenvalue weighted by Gasteiger charge is 2.75. The van der Waals surface area contributed by atoms with Crippen molar-refractivity contribution in [3.63, 3.8) is 0 Å². The topological polar surface area (TPSA) is 47.9 Å². The van der Waals surface area contributed by atoms with Crippen LogP contribution in [-0.4, -0.2) is 44.6 Å². The molecule has 0 aromatic heterocycles. The summed E-state index contributed by atoms with van der Waals surface area (Å²) in [5.41, 5.74) is -0.0713. The standard InChI is InChI=1S/C32H56O4Si/c1-8-9-10-14-17-26-29-25(27(33)20-21-31(29,5)32(26)34-22-23-35-32)18-19-28(24-15-12-11-13-16-24)36-37(6,7)30(2,3)4/h24-29,33H,8-17,20-23H2,1-7H3/t25-,26?,27+,28+,29-,31-/m0/s1. The maximum Gasteiger partial charge on any atom is 0.193 e. The van der Waals surface area contributed by atoms with Crippen molar-refractivity contribution in [3.05, 3.63) is 0 Å². The first-order chi connectivity index (χ1) is 17.5. The first-order valence-electron chi connectivity index (χ1n) is 15.6. The van der Waals surface area contributed by atoms with Crippen LogP contribution in [-0.2, 0) is 13.9 Å². The highest BCUT2D eigenvalue weighted by atomic mass is 28.4. The van der Waals surface area contributed by atoms with Gasteiger partial charge in [-0.2, -0.15) is 0 Å². The molecule has 0 bridgehead atoms. The second-order valence-corrected chi connectivity index (χ2v) is 19.1. The Hall–Kier alpha value is -0.383. The zero-order valence-electron chi connectivity index (χ0n) is 25.0. The van der Waals surface area contributed by atoms with Gasteiger partial charge in [-0.3, -0.25) is 0 Å². The van der Waals surface area contributed by atoms with Gasteiger partial charge in [0.2, 0.25) is 0 Å². The number of aliphatic hydroxyl groups excluding tert-OH is 1. The van der Waals surface area contributed by atoms with Crippen LogP contribution in [0.25, 0.3) is 0 Å². The van der Waals surface area contributed by atoms with E-state index in [9.17, 15) is 5.11 Å². The third-order valence-corrected chi connectivity index (χ3v) is 15.5. The van der Waals surface area contributed by atoms with Crippen molar-refractivity contribution in [2.45, 2.75) is 148 Å². The van der Waals surface area contributed by atoms with Crippen LogP contribution >= 0.6 is 0 Å². The third-order valence-electron chi connectivity index (χ3n) is 11.0. The number of fused-ring (bicyclic) bond motifs is 2. The summed E-state index contributed by atoms with van der Waals surface area (Å²) in [7, 11) is -1.96. The quantitative estimate of drug-likeness (QED) is 0.198. The lowest BCUT2D eigenvalue weighted by atomic mass is 9.41. The molecule has 1 heterocycles. The monoisotopic (exact) mass is 532 g/mol. The summed E-state index contributed by atoms with van der Waals surface area (Å²) < 4.78 is 19.9. The lowest BCUT2D eigenvalue weighted by Crippen LogP contribution is -2.74. The van der Waals surface area contributed by atoms with Crippen molar-refractivity contribution in [1.82, 2.24) is 0 Å². The van der Waals surface area contributed by atoms with Gasteiger partial charge in [-0.05, 0) is 62.1 Å². The van der Waals surface area contributed by atoms with Crippen LogP contribution in [0.15, 0.2) is 0 Å². The van der Waals surface area contributed by atoms with E-state index >= 15 is 0 Å². The van der Waals surface area contributed by atoms with Crippen LogP contribution in [0.4, 0.5) is 0 Å². The molecule has 6 atom stereocenters. The number of rotatable bonds is 8. The van der Waals surface area contributed by atoms with Crippen LogP contribution in [0.3, 0.4) is 0 Å². The Labute approximate surface area is 229 Å². The molecule has 0 aromatic carbocycles. The van der Waals surface area contributed by atoms with Crippen molar-refractivity contribution in [1.29, 1.82) is 0 Å². The van der Waals surface area contributed by atoms with Crippen molar-refractivity contribution in [2.75, 3.05) is 13.2 Å². The van der Waals surface area contributed by atoms with Crippen molar-refractivity contribution < 1.29 is 19.0 Å². The maximum atomic E-state index is 11.3. The van der Waals surface area contributed by atoms with Crippen molar-refractivity contribution in [3.8, 4) is 11.8 Å². The zero-order valence-corrected chi connectivity index (χ0v) is 26.0. The van der Waals surface area contributed by atoms with Crippen LogP contribution < -0.4 is 0 Å². The number of hydrogen-bond acceptors (Lipinski definition) is 4. The van der Waals surface area contributed by atoms with Gasteiger partial charge in [0.15, 0.2) is 14.1 Å². The smallest absolute Gasteiger partial charge is 0.193 e. The van der Waals surface area contributed by atoms with E-state index in [1.807, 2.05) is 0 Å². The molecular formula is C32H56O4Si. The largest absolute Gasteiger partial charge is 0.403 e. The second-order valence-electron chi connectivity index (χ2n) is 14.4. The summed E-state index contributed by atoms with van der Waals surface area (Å²) in [6, 6.07) is 0. The van der Waals surface area contributed by atoms with Crippen LogP contribution in [0.1, 0.15) is 112 Å². The van der Waals surface area contributed by atoms with Gasteiger partial charge >= 0.3 is 0 Å². The molecule has 1 N–H and O–H groups in total. The van der Waals surface area contributed by atoms with Gasteiger partial charge in [0, 0.05) is 11.3 Å². The maximum absolute atomic E-state index is 11.3. The minimum Gasteiger partial charge on any atom is -0.403 e. The molecule has 1 saturated heterocycles. The van der Waals surface area contributed by atoms with E-state index in [0.717, 1.165) is 19.3 Å². The summed E-state index contributed by atoms with van der Waals surface area (Å²) >= 11 is 0. The summed E-state index contributed by atoms with van der Waals surface area (Å²) in [5.74, 6) is 8.10. The lowest BCUT2D eigenvalue weighted by molar-refractivity contribution is -0.385. The van der Waals surface area contributed by atoms with E-state index in [1.165, 1.54) is 57.8 Å². The Balaban J connectivity index is 1.61. The minimum atomic E-state index is -1.96. The van der Waals surface area contributed by atoms with Crippen LogP contribution in [0, 0.1) is 40.9 Å². The average molecular weight is 533 g/mol. The molecule has 0 radical (unpaired) electrons. The predicted octanol–water partition coefficient (Wildman–Crippen LogP) is 7.70. The van der Waals surface area contributed by atoms with Gasteiger partial charge < -0.3 is 19.0 Å². The van der Waals surface area contributed by atoms with E-state index in [-0.39, 0.29) is 28.6 Å².